The van der Waals surface area contributed by atoms with E-state index in [-0.39, 0.29) is 36.4 Å². The van der Waals surface area contributed by atoms with E-state index in [0.717, 1.165) is 11.0 Å². The van der Waals surface area contributed by atoms with Gasteiger partial charge < -0.3 is 14.4 Å². The summed E-state index contributed by atoms with van der Waals surface area (Å²) >= 11 is 0. The average Bonchev–Trinajstić information content (AvgIpc) is 3.33. The average molecular weight is 465 g/mol. The van der Waals surface area contributed by atoms with Crippen LogP contribution in [0.2, 0.25) is 0 Å². The molecule has 0 aliphatic carbocycles. The van der Waals surface area contributed by atoms with Crippen molar-refractivity contribution in [3.8, 4) is 0 Å². The van der Waals surface area contributed by atoms with E-state index in [1.165, 1.54) is 11.0 Å². The third kappa shape index (κ3) is 4.98. The largest absolute Gasteiger partial charge is 0.341 e. The molecule has 1 aromatic heterocycles. The number of imidazole rings is 1. The molecule has 0 bridgehead atoms. The Morgan fingerprint density at radius 3 is 2.38 bits per heavy atom. The first-order valence-corrected chi connectivity index (χ1v) is 12.0. The number of benzene rings is 2. The van der Waals surface area contributed by atoms with E-state index in [2.05, 4.69) is 27.7 Å². The van der Waals surface area contributed by atoms with E-state index in [0.29, 0.717) is 37.3 Å². The third-order valence-corrected chi connectivity index (χ3v) is 6.13. The molecule has 1 atom stereocenters. The highest BCUT2D eigenvalue weighted by Gasteiger charge is 2.36. The van der Waals surface area contributed by atoms with Gasteiger partial charge >= 0.3 is 0 Å². The monoisotopic (exact) mass is 464 g/mol. The van der Waals surface area contributed by atoms with Gasteiger partial charge in [0.05, 0.1) is 16.7 Å². The van der Waals surface area contributed by atoms with Crippen molar-refractivity contribution in [3.63, 3.8) is 0 Å². The molecule has 2 aromatic carbocycles. The van der Waals surface area contributed by atoms with Gasteiger partial charge in [-0.15, -0.1) is 0 Å². The van der Waals surface area contributed by atoms with Gasteiger partial charge in [-0.25, -0.2) is 9.37 Å². The van der Waals surface area contributed by atoms with Crippen molar-refractivity contribution in [1.82, 2.24) is 14.5 Å². The Balaban J connectivity index is 1.66. The number of para-hydroxylation sites is 3. The number of fused-ring (bicyclic) bond motifs is 1. The van der Waals surface area contributed by atoms with Gasteiger partial charge in [0, 0.05) is 32.0 Å². The summed E-state index contributed by atoms with van der Waals surface area (Å²) in [5, 5.41) is 0. The van der Waals surface area contributed by atoms with Gasteiger partial charge in [-0.05, 0) is 36.1 Å². The molecule has 6 nitrogen and oxygen atoms in total. The topological polar surface area (TPSA) is 58.4 Å². The number of aromatic nitrogens is 2. The summed E-state index contributed by atoms with van der Waals surface area (Å²) in [7, 11) is 0. The molecule has 2 heterocycles. The molecule has 3 aromatic rings. The Bertz CT molecular complexity index is 1180. The van der Waals surface area contributed by atoms with E-state index in [1.807, 2.05) is 33.7 Å². The van der Waals surface area contributed by atoms with Gasteiger partial charge in [0.2, 0.25) is 11.8 Å². The molecule has 1 unspecified atom stereocenters. The lowest BCUT2D eigenvalue weighted by atomic mass is 10.1. The van der Waals surface area contributed by atoms with Crippen LogP contribution in [0.15, 0.2) is 48.5 Å². The summed E-state index contributed by atoms with van der Waals surface area (Å²) in [5.74, 6) is 0.695. The van der Waals surface area contributed by atoms with Crippen molar-refractivity contribution in [2.45, 2.75) is 46.6 Å². The molecule has 0 N–H and O–H groups in total. The minimum Gasteiger partial charge on any atom is -0.341 e. The van der Waals surface area contributed by atoms with E-state index in [9.17, 15) is 14.0 Å². The van der Waals surface area contributed by atoms with Gasteiger partial charge in [-0.3, -0.25) is 9.59 Å². The lowest BCUT2D eigenvalue weighted by Gasteiger charge is -2.27. The van der Waals surface area contributed by atoms with Crippen LogP contribution in [0, 0.1) is 17.7 Å². The van der Waals surface area contributed by atoms with Gasteiger partial charge in [0.25, 0.3) is 0 Å². The van der Waals surface area contributed by atoms with Crippen LogP contribution in [0.5, 0.6) is 0 Å². The smallest absolute Gasteiger partial charge is 0.242 e. The molecule has 180 valence electrons. The van der Waals surface area contributed by atoms with E-state index >= 15 is 0 Å². The van der Waals surface area contributed by atoms with E-state index < -0.39 is 5.82 Å². The molecule has 1 fully saturated rings. The van der Waals surface area contributed by atoms with Crippen LogP contribution in [0.4, 0.5) is 10.1 Å². The molecular weight excluding hydrogens is 431 g/mol. The molecule has 1 aliphatic heterocycles. The second kappa shape index (κ2) is 9.95. The molecule has 4 rings (SSSR count). The van der Waals surface area contributed by atoms with Crippen molar-refractivity contribution in [3.05, 3.63) is 60.2 Å². The summed E-state index contributed by atoms with van der Waals surface area (Å²) in [6.07, 6.45) is 0.230. The predicted octanol–water partition coefficient (Wildman–Crippen LogP) is 4.84. The first-order valence-electron chi connectivity index (χ1n) is 12.0. The highest BCUT2D eigenvalue weighted by atomic mass is 19.1. The fourth-order valence-electron chi connectivity index (χ4n) is 4.75. The van der Waals surface area contributed by atoms with E-state index in [4.69, 9.17) is 4.98 Å². The quantitative estimate of drug-likeness (QED) is 0.480. The van der Waals surface area contributed by atoms with E-state index in [1.54, 1.807) is 18.2 Å². The molecule has 0 spiro atoms. The Kier molecular flexibility index (Phi) is 7.00. The first-order chi connectivity index (χ1) is 16.2. The molecule has 7 heteroatoms. The van der Waals surface area contributed by atoms with Crippen molar-refractivity contribution in [2.24, 2.45) is 11.8 Å². The molecular formula is C27H33FN4O2. The van der Waals surface area contributed by atoms with Gasteiger partial charge in [0.15, 0.2) is 0 Å². The SMILES string of the molecule is CC(C)CN(CC(C)C)C(=O)Cn1c(C2CC(=O)N(c3ccccc3F)C2)nc2ccccc21. The summed E-state index contributed by atoms with van der Waals surface area (Å²) in [6.45, 7) is 10.3. The summed E-state index contributed by atoms with van der Waals surface area (Å²) < 4.78 is 16.3. The van der Waals surface area contributed by atoms with Gasteiger partial charge in [-0.1, -0.05) is 52.0 Å². The molecule has 0 radical (unpaired) electrons. The normalized spacial score (nSPS) is 16.3. The number of hydrogen-bond donors (Lipinski definition) is 0. The van der Waals surface area contributed by atoms with Crippen LogP contribution in [-0.4, -0.2) is 45.9 Å². The minimum absolute atomic E-state index is 0.0436. The second-order valence-corrected chi connectivity index (χ2v) is 9.99. The maximum Gasteiger partial charge on any atom is 0.242 e. The first kappa shape index (κ1) is 23.9. The number of carbonyl (C=O) groups is 2. The van der Waals surface area contributed by atoms with Crippen molar-refractivity contribution >= 4 is 28.5 Å². The third-order valence-electron chi connectivity index (χ3n) is 6.13. The van der Waals surface area contributed by atoms with Crippen LogP contribution in [-0.2, 0) is 16.1 Å². The second-order valence-electron chi connectivity index (χ2n) is 9.99. The Labute approximate surface area is 200 Å². The minimum atomic E-state index is -0.418. The van der Waals surface area contributed by atoms with Crippen LogP contribution < -0.4 is 4.90 Å². The molecule has 1 saturated heterocycles. The number of rotatable bonds is 8. The molecule has 1 aliphatic rings. The standard InChI is InChI=1S/C27H33FN4O2/c1-18(2)14-30(15-19(3)4)26(34)17-32-24-12-8-6-10-22(24)29-27(32)20-13-25(33)31(16-20)23-11-7-5-9-21(23)28/h5-12,18-20H,13-17H2,1-4H3. The predicted molar refractivity (Wildman–Crippen MR) is 132 cm³/mol. The van der Waals surface area contributed by atoms with Crippen LogP contribution in [0.1, 0.15) is 45.9 Å². The van der Waals surface area contributed by atoms with Crippen molar-refractivity contribution in [2.75, 3.05) is 24.5 Å². The van der Waals surface area contributed by atoms with Crippen molar-refractivity contribution in [1.29, 1.82) is 0 Å². The van der Waals surface area contributed by atoms with Gasteiger partial charge in [-0.2, -0.15) is 0 Å². The van der Waals surface area contributed by atoms with Crippen LogP contribution in [0.3, 0.4) is 0 Å². The number of anilines is 1. The summed E-state index contributed by atoms with van der Waals surface area (Å²) in [6, 6.07) is 14.1. The lowest BCUT2D eigenvalue weighted by Crippen LogP contribution is -2.39. The zero-order chi connectivity index (χ0) is 24.4. The number of nitrogens with zero attached hydrogens (tertiary/aromatic N) is 4. The number of halogens is 1. The number of hydrogen-bond acceptors (Lipinski definition) is 3. The zero-order valence-electron chi connectivity index (χ0n) is 20.4. The Hall–Kier alpha value is -3.22. The molecule has 34 heavy (non-hydrogen) atoms. The van der Waals surface area contributed by atoms with Gasteiger partial charge in [0.1, 0.15) is 18.2 Å². The highest BCUT2D eigenvalue weighted by Crippen LogP contribution is 2.34. The number of amides is 2. The van der Waals surface area contributed by atoms with Crippen LogP contribution >= 0.6 is 0 Å². The zero-order valence-corrected chi connectivity index (χ0v) is 20.4. The molecule has 0 saturated carbocycles. The number of carbonyl (C=O) groups excluding carboxylic acids is 2. The van der Waals surface area contributed by atoms with Crippen molar-refractivity contribution < 1.29 is 14.0 Å². The lowest BCUT2D eigenvalue weighted by molar-refractivity contribution is -0.132. The summed E-state index contributed by atoms with van der Waals surface area (Å²) in [4.78, 5) is 34.6. The highest BCUT2D eigenvalue weighted by molar-refractivity contribution is 5.96. The maximum atomic E-state index is 14.4. The Morgan fingerprint density at radius 1 is 1.06 bits per heavy atom. The fraction of sp³-hybridized carbons (Fsp3) is 0.444. The maximum absolute atomic E-state index is 14.4. The Morgan fingerprint density at radius 2 is 1.71 bits per heavy atom. The van der Waals surface area contributed by atoms with Crippen LogP contribution in [0.25, 0.3) is 11.0 Å². The molecule has 2 amide bonds. The summed E-state index contributed by atoms with van der Waals surface area (Å²) in [5.41, 5.74) is 1.95. The fourth-order valence-corrected chi connectivity index (χ4v) is 4.75.